The van der Waals surface area contributed by atoms with E-state index in [1.165, 1.54) is 12.1 Å². The van der Waals surface area contributed by atoms with Gasteiger partial charge in [-0.2, -0.15) is 0 Å². The summed E-state index contributed by atoms with van der Waals surface area (Å²) >= 11 is 0. The molecule has 2 nitrogen and oxygen atoms in total. The minimum absolute atomic E-state index is 0.106. The minimum Gasteiger partial charge on any atom is -0.496 e. The Morgan fingerprint density at radius 3 is 2.48 bits per heavy atom. The van der Waals surface area contributed by atoms with Gasteiger partial charge in [-0.15, -0.1) is 0 Å². The lowest BCUT2D eigenvalue weighted by atomic mass is 10.0. The van der Waals surface area contributed by atoms with Gasteiger partial charge in [-0.1, -0.05) is 23.8 Å². The van der Waals surface area contributed by atoms with Crippen LogP contribution in [0.5, 0.6) is 5.75 Å². The fourth-order valence-electron chi connectivity index (χ4n) is 2.28. The average molecular weight is 291 g/mol. The van der Waals surface area contributed by atoms with Crippen LogP contribution in [0.1, 0.15) is 29.7 Å². The van der Waals surface area contributed by atoms with E-state index in [1.54, 1.807) is 14.0 Å². The molecule has 0 aliphatic carbocycles. The number of aryl methyl sites for hydroxylation is 2. The summed E-state index contributed by atoms with van der Waals surface area (Å²) in [6.07, 6.45) is 0. The summed E-state index contributed by atoms with van der Waals surface area (Å²) in [7, 11) is 1.58. The highest BCUT2D eigenvalue weighted by Gasteiger charge is 2.17. The zero-order valence-corrected chi connectivity index (χ0v) is 12.6. The second kappa shape index (κ2) is 6.12. The summed E-state index contributed by atoms with van der Waals surface area (Å²) in [5, 5.41) is 2.91. The van der Waals surface area contributed by atoms with Crippen molar-refractivity contribution in [2.24, 2.45) is 0 Å². The highest BCUT2D eigenvalue weighted by Crippen LogP contribution is 2.31. The molecule has 0 spiro atoms. The molecule has 0 aliphatic rings. The summed E-state index contributed by atoms with van der Waals surface area (Å²) in [5.41, 5.74) is 2.22. The maximum atomic E-state index is 14.1. The van der Waals surface area contributed by atoms with Crippen molar-refractivity contribution in [3.8, 4) is 5.75 Å². The van der Waals surface area contributed by atoms with E-state index in [4.69, 9.17) is 4.74 Å². The Kier molecular flexibility index (Phi) is 4.46. The fraction of sp³-hybridized carbons (Fsp3) is 0.294. The molecular weight excluding hydrogens is 272 g/mol. The van der Waals surface area contributed by atoms with Crippen LogP contribution in [-0.2, 0) is 0 Å². The van der Waals surface area contributed by atoms with Gasteiger partial charge in [0.15, 0.2) is 5.82 Å². The lowest BCUT2D eigenvalue weighted by molar-refractivity contribution is 0.407. The molecule has 2 rings (SSSR count). The number of hydrogen-bond acceptors (Lipinski definition) is 2. The van der Waals surface area contributed by atoms with Crippen molar-refractivity contribution in [3.05, 3.63) is 58.7 Å². The van der Waals surface area contributed by atoms with Crippen LogP contribution in [0.15, 0.2) is 30.3 Å². The molecular formula is C17H19F2NO. The number of benzene rings is 2. The van der Waals surface area contributed by atoms with Crippen LogP contribution in [0.25, 0.3) is 0 Å². The van der Waals surface area contributed by atoms with E-state index < -0.39 is 11.6 Å². The molecule has 1 N–H and O–H groups in total. The Morgan fingerprint density at radius 1 is 1.10 bits per heavy atom. The van der Waals surface area contributed by atoms with Crippen LogP contribution in [0.4, 0.5) is 14.5 Å². The first kappa shape index (κ1) is 15.3. The summed E-state index contributed by atoms with van der Waals surface area (Å²) in [6.45, 7) is 5.42. The number of anilines is 1. The molecule has 0 saturated heterocycles. The van der Waals surface area contributed by atoms with E-state index in [9.17, 15) is 8.78 Å². The van der Waals surface area contributed by atoms with Gasteiger partial charge in [0.2, 0.25) is 0 Å². The monoisotopic (exact) mass is 291 g/mol. The van der Waals surface area contributed by atoms with Crippen LogP contribution in [0.3, 0.4) is 0 Å². The topological polar surface area (TPSA) is 21.3 Å². The Hall–Kier alpha value is -2.10. The zero-order chi connectivity index (χ0) is 15.6. The largest absolute Gasteiger partial charge is 0.496 e. The van der Waals surface area contributed by atoms with Gasteiger partial charge >= 0.3 is 0 Å². The smallest absolute Gasteiger partial charge is 0.152 e. The van der Waals surface area contributed by atoms with Gasteiger partial charge in [0.1, 0.15) is 17.3 Å². The highest BCUT2D eigenvalue weighted by atomic mass is 19.1. The Morgan fingerprint density at radius 2 is 1.81 bits per heavy atom. The SMILES string of the molecule is COc1ccc(C)cc1C(C)Nc1c(F)ccc(C)c1F. The molecule has 0 heterocycles. The number of hydrogen-bond donors (Lipinski definition) is 1. The number of nitrogens with one attached hydrogen (secondary N) is 1. The zero-order valence-electron chi connectivity index (χ0n) is 12.6. The van der Waals surface area contributed by atoms with Crippen LogP contribution >= 0.6 is 0 Å². The molecule has 0 amide bonds. The van der Waals surface area contributed by atoms with Crippen molar-refractivity contribution in [1.82, 2.24) is 0 Å². The van der Waals surface area contributed by atoms with Gasteiger partial charge in [0.25, 0.3) is 0 Å². The summed E-state index contributed by atoms with van der Waals surface area (Å²) < 4.78 is 33.2. The van der Waals surface area contributed by atoms with Gasteiger partial charge < -0.3 is 10.1 Å². The van der Waals surface area contributed by atoms with Crippen LogP contribution in [0, 0.1) is 25.5 Å². The number of rotatable bonds is 4. The molecule has 1 atom stereocenters. The molecule has 21 heavy (non-hydrogen) atoms. The summed E-state index contributed by atoms with van der Waals surface area (Å²) in [4.78, 5) is 0. The number of halogens is 2. The molecule has 2 aromatic carbocycles. The fourth-order valence-corrected chi connectivity index (χ4v) is 2.28. The van der Waals surface area contributed by atoms with Gasteiger partial charge in [0, 0.05) is 5.56 Å². The minimum atomic E-state index is -0.600. The average Bonchev–Trinajstić information content (AvgIpc) is 2.47. The first-order chi connectivity index (χ1) is 9.93. The second-order valence-electron chi connectivity index (χ2n) is 5.16. The predicted molar refractivity (Wildman–Crippen MR) is 80.9 cm³/mol. The molecule has 0 aromatic heterocycles. The molecule has 0 fully saturated rings. The summed E-state index contributed by atoms with van der Waals surface area (Å²) in [6, 6.07) is 8.14. The molecule has 4 heteroatoms. The standard InChI is InChI=1S/C17H19F2NO/c1-10-5-8-15(21-4)13(9-10)12(3)20-17-14(18)7-6-11(2)16(17)19/h5-9,12,20H,1-4H3. The van der Waals surface area contributed by atoms with Crippen LogP contribution < -0.4 is 10.1 Å². The summed E-state index contributed by atoms with van der Waals surface area (Å²) in [5.74, 6) is -0.473. The first-order valence-corrected chi connectivity index (χ1v) is 6.79. The quantitative estimate of drug-likeness (QED) is 0.876. The third-order valence-electron chi connectivity index (χ3n) is 3.50. The molecule has 0 saturated carbocycles. The Balaban J connectivity index is 2.37. The van der Waals surface area contributed by atoms with Crippen LogP contribution in [0.2, 0.25) is 0 Å². The predicted octanol–water partition coefficient (Wildman–Crippen LogP) is 4.76. The lowest BCUT2D eigenvalue weighted by Crippen LogP contribution is -2.11. The third-order valence-corrected chi connectivity index (χ3v) is 3.50. The molecule has 2 aromatic rings. The van der Waals surface area contributed by atoms with E-state index in [-0.39, 0.29) is 11.7 Å². The third kappa shape index (κ3) is 3.15. The van der Waals surface area contributed by atoms with Crippen molar-refractivity contribution in [2.45, 2.75) is 26.8 Å². The van der Waals surface area contributed by atoms with Crippen molar-refractivity contribution in [1.29, 1.82) is 0 Å². The van der Waals surface area contributed by atoms with Gasteiger partial charge in [0.05, 0.1) is 13.2 Å². The van der Waals surface area contributed by atoms with E-state index in [1.807, 2.05) is 32.0 Å². The highest BCUT2D eigenvalue weighted by molar-refractivity contribution is 5.52. The van der Waals surface area contributed by atoms with Crippen molar-refractivity contribution < 1.29 is 13.5 Å². The number of ether oxygens (including phenoxy) is 1. The molecule has 112 valence electrons. The van der Waals surface area contributed by atoms with E-state index in [0.29, 0.717) is 11.3 Å². The molecule has 0 aliphatic heterocycles. The lowest BCUT2D eigenvalue weighted by Gasteiger charge is -2.20. The first-order valence-electron chi connectivity index (χ1n) is 6.79. The number of methoxy groups -OCH3 is 1. The molecule has 0 radical (unpaired) electrons. The second-order valence-corrected chi connectivity index (χ2v) is 5.16. The maximum absolute atomic E-state index is 14.1. The van der Waals surface area contributed by atoms with Crippen molar-refractivity contribution >= 4 is 5.69 Å². The van der Waals surface area contributed by atoms with E-state index in [0.717, 1.165) is 11.1 Å². The van der Waals surface area contributed by atoms with E-state index >= 15 is 0 Å². The van der Waals surface area contributed by atoms with Gasteiger partial charge in [-0.05, 0) is 38.5 Å². The maximum Gasteiger partial charge on any atom is 0.152 e. The molecule has 0 bridgehead atoms. The van der Waals surface area contributed by atoms with Crippen molar-refractivity contribution in [2.75, 3.05) is 12.4 Å². The van der Waals surface area contributed by atoms with E-state index in [2.05, 4.69) is 5.32 Å². The normalized spacial score (nSPS) is 12.1. The Labute approximate surface area is 123 Å². The Bertz CT molecular complexity index is 655. The van der Waals surface area contributed by atoms with Crippen LogP contribution in [-0.4, -0.2) is 7.11 Å². The molecule has 1 unspecified atom stereocenters. The van der Waals surface area contributed by atoms with Gasteiger partial charge in [-0.3, -0.25) is 0 Å². The van der Waals surface area contributed by atoms with Crippen molar-refractivity contribution in [3.63, 3.8) is 0 Å². The van der Waals surface area contributed by atoms with Gasteiger partial charge in [-0.25, -0.2) is 8.78 Å².